The minimum absolute atomic E-state index is 0.0825. The fraction of sp³-hybridized carbons (Fsp3) is 0.389. The average molecular weight is 359 g/mol. The van der Waals surface area contributed by atoms with Crippen LogP contribution in [0.3, 0.4) is 0 Å². The summed E-state index contributed by atoms with van der Waals surface area (Å²) in [5, 5.41) is 5.66. The van der Waals surface area contributed by atoms with Crippen molar-refractivity contribution in [1.82, 2.24) is 15.2 Å². The highest BCUT2D eigenvalue weighted by molar-refractivity contribution is 7.09. The number of amides is 1. The van der Waals surface area contributed by atoms with E-state index in [4.69, 9.17) is 4.74 Å². The molecule has 132 valence electrons. The first-order chi connectivity index (χ1) is 12.1. The molecule has 6 nitrogen and oxygen atoms in total. The van der Waals surface area contributed by atoms with E-state index >= 15 is 0 Å². The third kappa shape index (κ3) is 4.24. The lowest BCUT2D eigenvalue weighted by Gasteiger charge is -2.15. The average Bonchev–Trinajstić information content (AvgIpc) is 3.22. The van der Waals surface area contributed by atoms with Crippen molar-refractivity contribution in [3.8, 4) is 0 Å². The summed E-state index contributed by atoms with van der Waals surface area (Å²) in [6, 6.07) is 9.66. The van der Waals surface area contributed by atoms with Crippen LogP contribution in [0.2, 0.25) is 0 Å². The second-order valence-corrected chi connectivity index (χ2v) is 7.12. The number of esters is 1. The van der Waals surface area contributed by atoms with Crippen LogP contribution in [-0.4, -0.2) is 54.5 Å². The molecule has 0 aliphatic carbocycles. The molecule has 1 amide bonds. The van der Waals surface area contributed by atoms with E-state index in [1.54, 1.807) is 5.38 Å². The Bertz CT molecular complexity index is 747. The van der Waals surface area contributed by atoms with Gasteiger partial charge >= 0.3 is 5.97 Å². The number of hydrogen-bond acceptors (Lipinski definition) is 6. The van der Waals surface area contributed by atoms with Crippen LogP contribution in [0, 0.1) is 0 Å². The van der Waals surface area contributed by atoms with Gasteiger partial charge in [0, 0.05) is 24.4 Å². The Morgan fingerprint density at radius 1 is 1.36 bits per heavy atom. The number of likely N-dealkylation sites (N-methyl/N-ethyl adjacent to an activating group) is 1. The van der Waals surface area contributed by atoms with Gasteiger partial charge in [-0.25, -0.2) is 4.98 Å². The monoisotopic (exact) mass is 359 g/mol. The molecule has 1 N–H and O–H groups in total. The smallest absolute Gasteiger partial charge is 0.323 e. The number of likely N-dealkylation sites (tertiary alicyclic amines) is 1. The van der Waals surface area contributed by atoms with Gasteiger partial charge in [-0.2, -0.15) is 0 Å². The fourth-order valence-electron chi connectivity index (χ4n) is 3.04. The number of benzene rings is 1. The molecule has 7 heteroatoms. The number of carbonyl (C=O) groups excluding carboxylic acids is 2. The van der Waals surface area contributed by atoms with Gasteiger partial charge in [0.25, 0.3) is 5.91 Å². The highest BCUT2D eigenvalue weighted by Gasteiger charge is 2.36. The van der Waals surface area contributed by atoms with Gasteiger partial charge in [0.15, 0.2) is 0 Å². The van der Waals surface area contributed by atoms with Crippen LogP contribution in [-0.2, 0) is 16.0 Å². The molecule has 0 bridgehead atoms. The summed E-state index contributed by atoms with van der Waals surface area (Å²) in [7, 11) is 3.24. The SMILES string of the molecule is COC(=O)[C@@H]1C[C@H](NC(=O)c2csc(Cc3ccccc3)n2)CN1C. The maximum Gasteiger partial charge on any atom is 0.323 e. The lowest BCUT2D eigenvalue weighted by atomic mass is 10.1. The van der Waals surface area contributed by atoms with E-state index < -0.39 is 0 Å². The van der Waals surface area contributed by atoms with Crippen LogP contribution in [0.25, 0.3) is 0 Å². The first-order valence-electron chi connectivity index (χ1n) is 8.14. The van der Waals surface area contributed by atoms with Crippen LogP contribution in [0.4, 0.5) is 0 Å². The van der Waals surface area contributed by atoms with E-state index in [1.165, 1.54) is 24.0 Å². The number of aromatic nitrogens is 1. The first kappa shape index (κ1) is 17.6. The largest absolute Gasteiger partial charge is 0.468 e. The van der Waals surface area contributed by atoms with Gasteiger partial charge in [-0.3, -0.25) is 14.5 Å². The third-order valence-corrected chi connectivity index (χ3v) is 5.19. The van der Waals surface area contributed by atoms with Crippen molar-refractivity contribution < 1.29 is 14.3 Å². The molecule has 1 fully saturated rings. The highest BCUT2D eigenvalue weighted by atomic mass is 32.1. The predicted molar refractivity (Wildman–Crippen MR) is 95.7 cm³/mol. The van der Waals surface area contributed by atoms with Crippen molar-refractivity contribution in [3.05, 3.63) is 52.0 Å². The number of hydrogen-bond donors (Lipinski definition) is 1. The van der Waals surface area contributed by atoms with Crippen molar-refractivity contribution >= 4 is 23.2 Å². The molecule has 0 spiro atoms. The number of carbonyl (C=O) groups is 2. The maximum atomic E-state index is 12.4. The number of nitrogens with zero attached hydrogens (tertiary/aromatic N) is 2. The van der Waals surface area contributed by atoms with Crippen molar-refractivity contribution in [3.63, 3.8) is 0 Å². The first-order valence-corrected chi connectivity index (χ1v) is 9.02. The lowest BCUT2D eigenvalue weighted by Crippen LogP contribution is -2.36. The zero-order valence-electron chi connectivity index (χ0n) is 14.3. The van der Waals surface area contributed by atoms with Crippen LogP contribution in [0.15, 0.2) is 35.7 Å². The molecule has 0 unspecified atom stereocenters. The van der Waals surface area contributed by atoms with Crippen molar-refractivity contribution in [2.75, 3.05) is 20.7 Å². The van der Waals surface area contributed by atoms with Gasteiger partial charge in [0.2, 0.25) is 0 Å². The highest BCUT2D eigenvalue weighted by Crippen LogP contribution is 2.19. The van der Waals surface area contributed by atoms with Crippen molar-refractivity contribution in [1.29, 1.82) is 0 Å². The number of ether oxygens (including phenoxy) is 1. The fourth-order valence-corrected chi connectivity index (χ4v) is 3.85. The van der Waals surface area contributed by atoms with E-state index in [9.17, 15) is 9.59 Å². The Morgan fingerprint density at radius 3 is 2.84 bits per heavy atom. The van der Waals surface area contributed by atoms with Crippen LogP contribution in [0.5, 0.6) is 0 Å². The molecule has 1 aromatic carbocycles. The Morgan fingerprint density at radius 2 is 2.12 bits per heavy atom. The van der Waals surface area contributed by atoms with Crippen LogP contribution in [0.1, 0.15) is 27.5 Å². The van der Waals surface area contributed by atoms with Gasteiger partial charge in [0.1, 0.15) is 11.7 Å². The molecule has 2 heterocycles. The minimum atomic E-state index is -0.306. The van der Waals surface area contributed by atoms with Gasteiger partial charge in [-0.15, -0.1) is 11.3 Å². The Labute approximate surface area is 150 Å². The van der Waals surface area contributed by atoms with E-state index in [2.05, 4.69) is 10.3 Å². The number of nitrogens with one attached hydrogen (secondary N) is 1. The zero-order chi connectivity index (χ0) is 17.8. The Balaban J connectivity index is 1.58. The molecule has 25 heavy (non-hydrogen) atoms. The van der Waals surface area contributed by atoms with E-state index in [0.29, 0.717) is 18.7 Å². The van der Waals surface area contributed by atoms with Gasteiger partial charge in [-0.1, -0.05) is 30.3 Å². The van der Waals surface area contributed by atoms with Crippen LogP contribution >= 0.6 is 11.3 Å². The van der Waals surface area contributed by atoms with E-state index in [-0.39, 0.29) is 24.0 Å². The lowest BCUT2D eigenvalue weighted by molar-refractivity contribution is -0.145. The summed E-state index contributed by atoms with van der Waals surface area (Å²) in [5.41, 5.74) is 1.60. The van der Waals surface area contributed by atoms with E-state index in [0.717, 1.165) is 11.4 Å². The van der Waals surface area contributed by atoms with Crippen molar-refractivity contribution in [2.24, 2.45) is 0 Å². The minimum Gasteiger partial charge on any atom is -0.468 e. The molecule has 1 aromatic heterocycles. The second kappa shape index (κ2) is 7.76. The molecule has 2 atom stereocenters. The van der Waals surface area contributed by atoms with Crippen LogP contribution < -0.4 is 5.32 Å². The summed E-state index contributed by atoms with van der Waals surface area (Å²) in [4.78, 5) is 30.5. The third-order valence-electron chi connectivity index (χ3n) is 4.34. The quantitative estimate of drug-likeness (QED) is 0.823. The standard InChI is InChI=1S/C18H21N3O3S/c1-21-10-13(9-15(21)18(23)24-2)19-17(22)14-11-25-16(20-14)8-12-6-4-3-5-7-12/h3-7,11,13,15H,8-10H2,1-2H3,(H,19,22)/t13-,15-/m0/s1. The molecule has 1 aliphatic heterocycles. The Kier molecular flexibility index (Phi) is 5.45. The molecular weight excluding hydrogens is 338 g/mol. The molecule has 0 saturated carbocycles. The summed E-state index contributed by atoms with van der Waals surface area (Å²) >= 11 is 1.48. The summed E-state index contributed by atoms with van der Waals surface area (Å²) < 4.78 is 4.80. The summed E-state index contributed by atoms with van der Waals surface area (Å²) in [6.45, 7) is 0.618. The van der Waals surface area contributed by atoms with Crippen molar-refractivity contribution in [2.45, 2.75) is 24.9 Å². The number of methoxy groups -OCH3 is 1. The number of rotatable bonds is 5. The molecular formula is C18H21N3O3S. The molecule has 3 rings (SSSR count). The van der Waals surface area contributed by atoms with Gasteiger partial charge in [-0.05, 0) is 19.0 Å². The maximum absolute atomic E-state index is 12.4. The van der Waals surface area contributed by atoms with E-state index in [1.807, 2.05) is 42.3 Å². The molecule has 1 saturated heterocycles. The summed E-state index contributed by atoms with van der Waals surface area (Å²) in [5.74, 6) is -0.461. The Hall–Kier alpha value is -2.25. The second-order valence-electron chi connectivity index (χ2n) is 6.17. The normalized spacial score (nSPS) is 20.4. The topological polar surface area (TPSA) is 71.5 Å². The molecule has 2 aromatic rings. The molecule has 0 radical (unpaired) electrons. The number of thiazole rings is 1. The predicted octanol–water partition coefficient (Wildman–Crippen LogP) is 1.71. The zero-order valence-corrected chi connectivity index (χ0v) is 15.1. The van der Waals surface area contributed by atoms with Gasteiger partial charge < -0.3 is 10.1 Å². The van der Waals surface area contributed by atoms with Gasteiger partial charge in [0.05, 0.1) is 12.1 Å². The molecule has 1 aliphatic rings. The summed E-state index contributed by atoms with van der Waals surface area (Å²) in [6.07, 6.45) is 1.27.